The van der Waals surface area contributed by atoms with Gasteiger partial charge in [0.1, 0.15) is 0 Å². The molecular weight excluding hydrogens is 325 g/mol. The first-order chi connectivity index (χ1) is 7.59. The van der Waals surface area contributed by atoms with E-state index in [1.165, 1.54) is 11.1 Å². The fourth-order valence-electron chi connectivity index (χ4n) is 1.53. The summed E-state index contributed by atoms with van der Waals surface area (Å²) >= 11 is 0. The Bertz CT molecular complexity index is 361. The average molecular weight is 347 g/mol. The van der Waals surface area contributed by atoms with Crippen LogP contribution in [0.4, 0.5) is 0 Å². The fraction of sp³-hybridized carbons (Fsp3) is 0.462. The molecule has 4 heteroatoms. The summed E-state index contributed by atoms with van der Waals surface area (Å²) in [5.74, 6) is 0.531. The molecule has 0 aliphatic carbocycles. The molecular formula is C13H22IN3. The van der Waals surface area contributed by atoms with Crippen molar-refractivity contribution in [2.75, 3.05) is 6.54 Å². The number of nitrogens with one attached hydrogen (secondary N) is 1. The minimum atomic E-state index is 0. The molecule has 1 aromatic rings. The van der Waals surface area contributed by atoms with E-state index in [2.05, 4.69) is 41.5 Å². The lowest BCUT2D eigenvalue weighted by atomic mass is 10.1. The van der Waals surface area contributed by atoms with Gasteiger partial charge in [-0.05, 0) is 38.3 Å². The maximum absolute atomic E-state index is 5.72. The lowest BCUT2D eigenvalue weighted by Crippen LogP contribution is -2.36. The number of hydrogen-bond donors (Lipinski definition) is 2. The number of nitrogens with two attached hydrogens (primary N) is 1. The molecule has 0 saturated heterocycles. The van der Waals surface area contributed by atoms with E-state index in [0.29, 0.717) is 12.0 Å². The predicted octanol–water partition coefficient (Wildman–Crippen LogP) is 2.47. The number of nitrogens with zero attached hydrogens (tertiary/aromatic N) is 1. The molecule has 0 fully saturated rings. The molecule has 1 aromatic carbocycles. The van der Waals surface area contributed by atoms with Crippen molar-refractivity contribution in [1.82, 2.24) is 5.32 Å². The highest BCUT2D eigenvalue weighted by atomic mass is 127. The Kier molecular flexibility index (Phi) is 7.95. The lowest BCUT2D eigenvalue weighted by molar-refractivity contribution is 0.723. The molecule has 3 nitrogen and oxygen atoms in total. The molecule has 17 heavy (non-hydrogen) atoms. The van der Waals surface area contributed by atoms with Crippen molar-refractivity contribution in [3.8, 4) is 0 Å². The molecule has 0 amide bonds. The van der Waals surface area contributed by atoms with Crippen molar-refractivity contribution in [2.45, 2.75) is 33.2 Å². The minimum absolute atomic E-state index is 0. The van der Waals surface area contributed by atoms with Crippen LogP contribution in [0.1, 0.15) is 25.0 Å². The zero-order chi connectivity index (χ0) is 12.0. The number of benzene rings is 1. The number of rotatable bonds is 4. The van der Waals surface area contributed by atoms with E-state index in [9.17, 15) is 0 Å². The van der Waals surface area contributed by atoms with Crippen LogP contribution < -0.4 is 11.1 Å². The van der Waals surface area contributed by atoms with Gasteiger partial charge in [-0.25, -0.2) is 0 Å². The summed E-state index contributed by atoms with van der Waals surface area (Å²) in [6, 6.07) is 8.70. The summed E-state index contributed by atoms with van der Waals surface area (Å²) in [5, 5.41) is 3.07. The van der Waals surface area contributed by atoms with E-state index in [-0.39, 0.29) is 24.0 Å². The van der Waals surface area contributed by atoms with Crippen molar-refractivity contribution in [3.05, 3.63) is 35.4 Å². The van der Waals surface area contributed by atoms with Gasteiger partial charge in [0, 0.05) is 12.6 Å². The quantitative estimate of drug-likeness (QED) is 0.499. The first kappa shape index (κ1) is 16.2. The van der Waals surface area contributed by atoms with Gasteiger partial charge in [0.25, 0.3) is 0 Å². The first-order valence-electron chi connectivity index (χ1n) is 5.70. The summed E-state index contributed by atoms with van der Waals surface area (Å²) in [7, 11) is 0. The molecule has 0 aliphatic heterocycles. The van der Waals surface area contributed by atoms with Crippen LogP contribution in [0.25, 0.3) is 0 Å². The number of guanidine groups is 1. The molecule has 0 aromatic heterocycles. The number of halogens is 1. The van der Waals surface area contributed by atoms with Gasteiger partial charge in [-0.1, -0.05) is 24.3 Å². The van der Waals surface area contributed by atoms with Crippen molar-refractivity contribution in [3.63, 3.8) is 0 Å². The summed E-state index contributed by atoms with van der Waals surface area (Å²) in [5.41, 5.74) is 8.37. The minimum Gasteiger partial charge on any atom is -0.370 e. The van der Waals surface area contributed by atoms with Gasteiger partial charge in [-0.15, -0.1) is 24.0 Å². The Hall–Kier alpha value is -0.780. The zero-order valence-corrected chi connectivity index (χ0v) is 13.1. The van der Waals surface area contributed by atoms with E-state index >= 15 is 0 Å². The highest BCUT2D eigenvalue weighted by Gasteiger charge is 1.97. The molecule has 96 valence electrons. The van der Waals surface area contributed by atoms with E-state index < -0.39 is 0 Å². The molecule has 0 bridgehead atoms. The first-order valence-corrected chi connectivity index (χ1v) is 5.70. The van der Waals surface area contributed by atoms with Crippen molar-refractivity contribution in [2.24, 2.45) is 10.7 Å². The van der Waals surface area contributed by atoms with Gasteiger partial charge in [-0.3, -0.25) is 4.99 Å². The molecule has 1 rings (SSSR count). The SMILES string of the molecule is Cc1ccccc1CCN=C(N)NC(C)C.I. The molecule has 0 spiro atoms. The monoisotopic (exact) mass is 347 g/mol. The second-order valence-corrected chi connectivity index (χ2v) is 4.24. The van der Waals surface area contributed by atoms with Crippen LogP contribution in [0, 0.1) is 6.92 Å². The molecule has 0 radical (unpaired) electrons. The summed E-state index contributed by atoms with van der Waals surface area (Å²) in [6.45, 7) is 6.94. The third-order valence-electron chi connectivity index (χ3n) is 2.36. The predicted molar refractivity (Wildman–Crippen MR) is 85.1 cm³/mol. The maximum atomic E-state index is 5.72. The van der Waals surface area contributed by atoms with Crippen LogP contribution in [-0.4, -0.2) is 18.5 Å². The number of aliphatic imine (C=N–C) groups is 1. The second-order valence-electron chi connectivity index (χ2n) is 4.24. The van der Waals surface area contributed by atoms with E-state index in [1.54, 1.807) is 0 Å². The molecule has 3 N–H and O–H groups in total. The highest BCUT2D eigenvalue weighted by molar-refractivity contribution is 14.0. The van der Waals surface area contributed by atoms with Gasteiger partial charge in [-0.2, -0.15) is 0 Å². The molecule has 0 aliphatic rings. The fourth-order valence-corrected chi connectivity index (χ4v) is 1.53. The second kappa shape index (κ2) is 8.33. The van der Waals surface area contributed by atoms with Crippen LogP contribution in [0.2, 0.25) is 0 Å². The van der Waals surface area contributed by atoms with Crippen LogP contribution in [-0.2, 0) is 6.42 Å². The molecule has 0 atom stereocenters. The van der Waals surface area contributed by atoms with E-state index in [0.717, 1.165) is 13.0 Å². The van der Waals surface area contributed by atoms with Crippen LogP contribution in [0.5, 0.6) is 0 Å². The zero-order valence-electron chi connectivity index (χ0n) is 10.7. The smallest absolute Gasteiger partial charge is 0.188 e. The maximum Gasteiger partial charge on any atom is 0.188 e. The van der Waals surface area contributed by atoms with Gasteiger partial charge in [0.05, 0.1) is 0 Å². The standard InChI is InChI=1S/C13H21N3.HI/c1-10(2)16-13(14)15-9-8-12-7-5-4-6-11(12)3;/h4-7,10H,8-9H2,1-3H3,(H3,14,15,16);1H. The number of hydrogen-bond acceptors (Lipinski definition) is 1. The summed E-state index contributed by atoms with van der Waals surface area (Å²) < 4.78 is 0. The van der Waals surface area contributed by atoms with Crippen molar-refractivity contribution < 1.29 is 0 Å². The van der Waals surface area contributed by atoms with Gasteiger partial charge in [0.2, 0.25) is 0 Å². The van der Waals surface area contributed by atoms with Gasteiger partial charge >= 0.3 is 0 Å². The van der Waals surface area contributed by atoms with Crippen LogP contribution in [0.3, 0.4) is 0 Å². The Morgan fingerprint density at radius 1 is 1.35 bits per heavy atom. The highest BCUT2D eigenvalue weighted by Crippen LogP contribution is 2.07. The van der Waals surface area contributed by atoms with Gasteiger partial charge in [0.15, 0.2) is 5.96 Å². The van der Waals surface area contributed by atoms with Gasteiger partial charge < -0.3 is 11.1 Å². The normalized spacial score (nSPS) is 11.2. The summed E-state index contributed by atoms with van der Waals surface area (Å²) in [4.78, 5) is 4.28. The third-order valence-corrected chi connectivity index (χ3v) is 2.36. The Balaban J connectivity index is 0.00000256. The van der Waals surface area contributed by atoms with Crippen molar-refractivity contribution >= 4 is 29.9 Å². The molecule has 0 saturated carbocycles. The summed E-state index contributed by atoms with van der Waals surface area (Å²) in [6.07, 6.45) is 0.938. The van der Waals surface area contributed by atoms with Crippen LogP contribution in [0.15, 0.2) is 29.3 Å². The molecule has 0 unspecified atom stereocenters. The Morgan fingerprint density at radius 2 is 2.00 bits per heavy atom. The average Bonchev–Trinajstić information content (AvgIpc) is 2.19. The van der Waals surface area contributed by atoms with Crippen LogP contribution >= 0.6 is 24.0 Å². The third kappa shape index (κ3) is 6.51. The molecule has 0 heterocycles. The number of aryl methyl sites for hydroxylation is 1. The lowest BCUT2D eigenvalue weighted by Gasteiger charge is -2.08. The van der Waals surface area contributed by atoms with Crippen molar-refractivity contribution in [1.29, 1.82) is 0 Å². The van der Waals surface area contributed by atoms with E-state index in [4.69, 9.17) is 5.73 Å². The Labute approximate surface area is 121 Å². The van der Waals surface area contributed by atoms with E-state index in [1.807, 2.05) is 13.8 Å². The topological polar surface area (TPSA) is 50.4 Å². The largest absolute Gasteiger partial charge is 0.370 e. The Morgan fingerprint density at radius 3 is 2.59 bits per heavy atom.